The molecular formula is C14H13BrClN3O3. The average molecular weight is 387 g/mol. The monoisotopic (exact) mass is 385 g/mol. The first-order valence-electron chi connectivity index (χ1n) is 6.73. The summed E-state index contributed by atoms with van der Waals surface area (Å²) in [4.78, 5) is 20.5. The van der Waals surface area contributed by atoms with Crippen molar-refractivity contribution in [2.24, 2.45) is 0 Å². The highest BCUT2D eigenvalue weighted by atomic mass is 79.9. The summed E-state index contributed by atoms with van der Waals surface area (Å²) < 4.78 is 7.20. The van der Waals surface area contributed by atoms with Gasteiger partial charge in [0.05, 0.1) is 29.1 Å². The number of pyridine rings is 1. The molecular weight excluding hydrogens is 374 g/mol. The fourth-order valence-corrected chi connectivity index (χ4v) is 3.54. The van der Waals surface area contributed by atoms with Crippen LogP contribution in [0.4, 0.5) is 0 Å². The minimum atomic E-state index is -1.07. The number of rotatable bonds is 2. The lowest BCUT2D eigenvalue weighted by molar-refractivity contribution is 0.0513. The maximum Gasteiger partial charge on any atom is 0.358 e. The van der Waals surface area contributed by atoms with Crippen molar-refractivity contribution in [2.45, 2.75) is 26.0 Å². The van der Waals surface area contributed by atoms with Gasteiger partial charge in [-0.15, -0.1) is 0 Å². The maximum absolute atomic E-state index is 12.1. The van der Waals surface area contributed by atoms with Crippen LogP contribution in [0.25, 0.3) is 0 Å². The van der Waals surface area contributed by atoms with Gasteiger partial charge in [-0.3, -0.25) is 4.98 Å². The number of aliphatic hydroxyl groups excluding tert-OH is 1. The van der Waals surface area contributed by atoms with Crippen LogP contribution >= 0.6 is 27.5 Å². The first-order chi connectivity index (χ1) is 10.5. The zero-order valence-electron chi connectivity index (χ0n) is 11.9. The van der Waals surface area contributed by atoms with E-state index in [1.807, 2.05) is 6.92 Å². The Morgan fingerprint density at radius 1 is 1.59 bits per heavy atom. The molecule has 0 radical (unpaired) electrons. The van der Waals surface area contributed by atoms with E-state index in [9.17, 15) is 9.90 Å². The molecule has 3 rings (SSSR count). The molecule has 1 aliphatic heterocycles. The number of hydrogen-bond acceptors (Lipinski definition) is 5. The number of halogens is 2. The number of carbonyl (C=O) groups excluding carboxylic acids is 1. The number of hydrogen-bond donors (Lipinski definition) is 1. The first kappa shape index (κ1) is 15.5. The second-order valence-corrected chi connectivity index (χ2v) is 6.06. The summed E-state index contributed by atoms with van der Waals surface area (Å²) >= 11 is 9.34. The third-order valence-electron chi connectivity index (χ3n) is 3.65. The number of nitrogens with zero attached hydrogens (tertiary/aromatic N) is 3. The quantitative estimate of drug-likeness (QED) is 0.803. The molecule has 0 amide bonds. The maximum atomic E-state index is 12.1. The Balaban J connectivity index is 2.20. The Bertz CT molecular complexity index is 762. The third kappa shape index (κ3) is 2.24. The number of fused-ring (bicyclic) bond motifs is 2. The van der Waals surface area contributed by atoms with Gasteiger partial charge in [-0.1, -0.05) is 11.6 Å². The second-order valence-electron chi connectivity index (χ2n) is 4.91. The van der Waals surface area contributed by atoms with E-state index in [0.29, 0.717) is 21.1 Å². The SMILES string of the molecule is CCOC(=O)c1nc(Br)n2c1C(O)c1ncc(Cl)cc1C2C. The van der Waals surface area contributed by atoms with Crippen LogP contribution in [0.5, 0.6) is 0 Å². The predicted octanol–water partition coefficient (Wildman–Crippen LogP) is 2.88. The topological polar surface area (TPSA) is 77.2 Å². The van der Waals surface area contributed by atoms with E-state index in [2.05, 4.69) is 25.9 Å². The number of carbonyl (C=O) groups is 1. The minimum Gasteiger partial charge on any atom is -0.461 e. The van der Waals surface area contributed by atoms with Gasteiger partial charge in [0.25, 0.3) is 0 Å². The van der Waals surface area contributed by atoms with Gasteiger partial charge in [0, 0.05) is 11.8 Å². The summed E-state index contributed by atoms with van der Waals surface area (Å²) in [6, 6.07) is 1.58. The van der Waals surface area contributed by atoms with E-state index in [0.717, 1.165) is 5.56 Å². The number of ether oxygens (including phenoxy) is 1. The number of esters is 1. The van der Waals surface area contributed by atoms with E-state index in [1.54, 1.807) is 17.6 Å². The molecule has 0 saturated heterocycles. The van der Waals surface area contributed by atoms with Crippen LogP contribution in [0, 0.1) is 0 Å². The number of aromatic nitrogens is 3. The van der Waals surface area contributed by atoms with Gasteiger partial charge >= 0.3 is 5.97 Å². The fourth-order valence-electron chi connectivity index (χ4n) is 2.69. The van der Waals surface area contributed by atoms with Gasteiger partial charge in [0.2, 0.25) is 0 Å². The van der Waals surface area contributed by atoms with Gasteiger partial charge in [-0.2, -0.15) is 0 Å². The van der Waals surface area contributed by atoms with E-state index in [4.69, 9.17) is 16.3 Å². The highest BCUT2D eigenvalue weighted by Crippen LogP contribution is 2.41. The van der Waals surface area contributed by atoms with E-state index in [1.165, 1.54) is 6.20 Å². The number of imidazole rings is 1. The molecule has 3 heterocycles. The van der Waals surface area contributed by atoms with Gasteiger partial charge in [0.1, 0.15) is 6.10 Å². The molecule has 22 heavy (non-hydrogen) atoms. The van der Waals surface area contributed by atoms with Crippen molar-refractivity contribution in [3.63, 3.8) is 0 Å². The molecule has 6 nitrogen and oxygen atoms in total. The molecule has 2 atom stereocenters. The van der Waals surface area contributed by atoms with Crippen molar-refractivity contribution in [1.29, 1.82) is 0 Å². The summed E-state index contributed by atoms with van der Waals surface area (Å²) in [5.74, 6) is -0.569. The second kappa shape index (κ2) is 5.64. The zero-order valence-corrected chi connectivity index (χ0v) is 14.2. The van der Waals surface area contributed by atoms with Crippen LogP contribution in [0.3, 0.4) is 0 Å². The molecule has 0 bridgehead atoms. The molecule has 1 N–H and O–H groups in total. The van der Waals surface area contributed by atoms with Gasteiger partial charge < -0.3 is 14.4 Å². The molecule has 0 aliphatic carbocycles. The molecule has 2 aromatic heterocycles. The normalized spacial score (nSPS) is 19.5. The standard InChI is InChI=1S/C14H13BrClN3O3/c1-3-22-13(21)10-11-12(20)9-8(4-7(16)5-17-9)6(2)19(11)14(15)18-10/h4-6,12,20H,3H2,1-2H3. The lowest BCUT2D eigenvalue weighted by Crippen LogP contribution is -2.25. The summed E-state index contributed by atoms with van der Waals surface area (Å²) in [6.45, 7) is 3.87. The summed E-state index contributed by atoms with van der Waals surface area (Å²) in [7, 11) is 0. The average Bonchev–Trinajstić information content (AvgIpc) is 2.83. The number of aliphatic hydroxyl groups is 1. The Hall–Kier alpha value is -1.44. The Labute approximate surface area is 140 Å². The molecule has 116 valence electrons. The molecule has 0 fully saturated rings. The molecule has 2 unspecified atom stereocenters. The summed E-state index contributed by atoms with van der Waals surface area (Å²) in [6.07, 6.45) is 0.406. The van der Waals surface area contributed by atoms with Crippen molar-refractivity contribution >= 4 is 33.5 Å². The Kier molecular flexibility index (Phi) is 3.96. The predicted molar refractivity (Wildman–Crippen MR) is 83.0 cm³/mol. The molecule has 0 spiro atoms. The van der Waals surface area contributed by atoms with Crippen LogP contribution in [0.1, 0.15) is 53.4 Å². The smallest absolute Gasteiger partial charge is 0.358 e. The molecule has 8 heteroatoms. The highest BCUT2D eigenvalue weighted by molar-refractivity contribution is 9.10. The van der Waals surface area contributed by atoms with E-state index >= 15 is 0 Å². The van der Waals surface area contributed by atoms with Crippen LogP contribution in [-0.4, -0.2) is 32.2 Å². The lowest BCUT2D eigenvalue weighted by atomic mass is 9.95. The molecule has 1 aliphatic rings. The largest absolute Gasteiger partial charge is 0.461 e. The lowest BCUT2D eigenvalue weighted by Gasteiger charge is -2.29. The van der Waals surface area contributed by atoms with Crippen LogP contribution in [-0.2, 0) is 4.74 Å². The molecule has 0 saturated carbocycles. The van der Waals surface area contributed by atoms with Crippen LogP contribution < -0.4 is 0 Å². The Morgan fingerprint density at radius 2 is 2.32 bits per heavy atom. The van der Waals surface area contributed by atoms with Crippen molar-refractivity contribution in [2.75, 3.05) is 6.61 Å². The Morgan fingerprint density at radius 3 is 3.00 bits per heavy atom. The minimum absolute atomic E-state index is 0.0930. The van der Waals surface area contributed by atoms with Crippen LogP contribution in [0.2, 0.25) is 5.02 Å². The van der Waals surface area contributed by atoms with Gasteiger partial charge in [0.15, 0.2) is 10.4 Å². The fraction of sp³-hybridized carbons (Fsp3) is 0.357. The summed E-state index contributed by atoms with van der Waals surface area (Å²) in [5, 5.41) is 11.1. The van der Waals surface area contributed by atoms with E-state index in [-0.39, 0.29) is 18.3 Å². The molecule has 2 aromatic rings. The van der Waals surface area contributed by atoms with Gasteiger partial charge in [-0.25, -0.2) is 9.78 Å². The van der Waals surface area contributed by atoms with Crippen molar-refractivity contribution in [3.8, 4) is 0 Å². The summed E-state index contributed by atoms with van der Waals surface area (Å²) in [5.41, 5.74) is 1.74. The zero-order chi connectivity index (χ0) is 16.0. The highest BCUT2D eigenvalue weighted by Gasteiger charge is 2.37. The first-order valence-corrected chi connectivity index (χ1v) is 7.90. The van der Waals surface area contributed by atoms with Crippen LogP contribution in [0.15, 0.2) is 17.0 Å². The van der Waals surface area contributed by atoms with Crippen molar-refractivity contribution < 1.29 is 14.6 Å². The van der Waals surface area contributed by atoms with Crippen molar-refractivity contribution in [1.82, 2.24) is 14.5 Å². The third-order valence-corrected chi connectivity index (χ3v) is 4.41. The van der Waals surface area contributed by atoms with Gasteiger partial charge in [-0.05, 0) is 35.8 Å². The molecule has 0 aromatic carbocycles. The van der Waals surface area contributed by atoms with E-state index < -0.39 is 12.1 Å². The van der Waals surface area contributed by atoms with Crippen molar-refractivity contribution in [3.05, 3.63) is 44.7 Å².